The number of nitrogens with one attached hydrogen (secondary N) is 1. The fourth-order valence-corrected chi connectivity index (χ4v) is 0.823. The van der Waals surface area contributed by atoms with Gasteiger partial charge in [0.25, 0.3) is 0 Å². The molecule has 2 N–H and O–H groups in total. The van der Waals surface area contributed by atoms with Gasteiger partial charge >= 0.3 is 5.97 Å². The van der Waals surface area contributed by atoms with Crippen molar-refractivity contribution in [3.05, 3.63) is 11.6 Å². The molecular weight excluding hydrogens is 166 g/mol. The smallest absolute Gasteiger partial charge is 0.328 e. The number of rotatable bonds is 5. The Balaban J connectivity index is 3.51. The molecule has 0 unspecified atom stereocenters. The van der Waals surface area contributed by atoms with Gasteiger partial charge in [-0.3, -0.25) is 0 Å². The Morgan fingerprint density at radius 2 is 2.31 bits per heavy atom. The quantitative estimate of drug-likeness (QED) is 0.378. The average molecular weight is 181 g/mol. The Bertz CT molecular complexity index is 245. The summed E-state index contributed by atoms with van der Waals surface area (Å²) in [5.41, 5.74) is 0.817. The van der Waals surface area contributed by atoms with Gasteiger partial charge in [0, 0.05) is 25.6 Å². The van der Waals surface area contributed by atoms with Crippen LogP contribution in [-0.4, -0.2) is 24.2 Å². The fraction of sp³-hybridized carbons (Fsp3) is 0.500. The minimum Gasteiger partial charge on any atom is -0.478 e. The SMILES string of the molecule is CC#CCCNCC(C)=CC(=O)O. The molecule has 0 aromatic rings. The zero-order valence-corrected chi connectivity index (χ0v) is 8.05. The van der Waals surface area contributed by atoms with Gasteiger partial charge in [-0.15, -0.1) is 11.8 Å². The predicted octanol–water partition coefficient (Wildman–Crippen LogP) is 1.02. The molecular formula is C10H15NO2. The third-order valence-electron chi connectivity index (χ3n) is 1.38. The monoisotopic (exact) mass is 181 g/mol. The molecule has 0 amide bonds. The standard InChI is InChI=1S/C10H15NO2/c1-3-4-5-6-11-8-9(2)7-10(12)13/h7,11H,5-6,8H2,1-2H3,(H,12,13). The van der Waals surface area contributed by atoms with Gasteiger partial charge in [0.1, 0.15) is 0 Å². The maximum Gasteiger partial charge on any atom is 0.328 e. The molecule has 0 saturated heterocycles. The first-order valence-electron chi connectivity index (χ1n) is 4.17. The lowest BCUT2D eigenvalue weighted by molar-refractivity contribution is -0.131. The number of carbonyl (C=O) groups is 1. The van der Waals surface area contributed by atoms with Crippen molar-refractivity contribution in [2.24, 2.45) is 0 Å². The summed E-state index contributed by atoms with van der Waals surface area (Å²) in [7, 11) is 0. The van der Waals surface area contributed by atoms with Crippen LogP contribution in [0.1, 0.15) is 20.3 Å². The highest BCUT2D eigenvalue weighted by Gasteiger charge is 1.92. The van der Waals surface area contributed by atoms with Crippen LogP contribution in [-0.2, 0) is 4.79 Å². The lowest BCUT2D eigenvalue weighted by Crippen LogP contribution is -2.17. The van der Waals surface area contributed by atoms with Gasteiger partial charge in [0.15, 0.2) is 0 Å². The second-order valence-corrected chi connectivity index (χ2v) is 2.68. The fourth-order valence-electron chi connectivity index (χ4n) is 0.823. The first kappa shape index (κ1) is 11.7. The minimum absolute atomic E-state index is 0.609. The van der Waals surface area contributed by atoms with Crippen LogP contribution in [0.15, 0.2) is 11.6 Å². The van der Waals surface area contributed by atoms with E-state index in [1.807, 2.05) is 0 Å². The van der Waals surface area contributed by atoms with Gasteiger partial charge < -0.3 is 10.4 Å². The van der Waals surface area contributed by atoms with E-state index in [4.69, 9.17) is 5.11 Å². The van der Waals surface area contributed by atoms with Crippen molar-refractivity contribution in [2.45, 2.75) is 20.3 Å². The van der Waals surface area contributed by atoms with Crippen molar-refractivity contribution in [1.82, 2.24) is 5.32 Å². The van der Waals surface area contributed by atoms with E-state index in [2.05, 4.69) is 17.2 Å². The summed E-state index contributed by atoms with van der Waals surface area (Å²) in [5, 5.41) is 11.5. The molecule has 0 heterocycles. The number of carboxylic acids is 1. The van der Waals surface area contributed by atoms with Crippen LogP contribution in [0, 0.1) is 11.8 Å². The molecule has 72 valence electrons. The van der Waals surface area contributed by atoms with Crippen LogP contribution >= 0.6 is 0 Å². The maximum absolute atomic E-state index is 10.2. The molecule has 0 aliphatic heterocycles. The summed E-state index contributed by atoms with van der Waals surface area (Å²) in [6.07, 6.45) is 2.01. The Morgan fingerprint density at radius 3 is 2.85 bits per heavy atom. The van der Waals surface area contributed by atoms with E-state index >= 15 is 0 Å². The van der Waals surface area contributed by atoms with E-state index in [0.29, 0.717) is 6.54 Å². The first-order chi connectivity index (χ1) is 6.16. The Morgan fingerprint density at radius 1 is 1.62 bits per heavy atom. The van der Waals surface area contributed by atoms with E-state index in [1.165, 1.54) is 6.08 Å². The van der Waals surface area contributed by atoms with E-state index < -0.39 is 5.97 Å². The molecule has 0 aromatic carbocycles. The van der Waals surface area contributed by atoms with Crippen molar-refractivity contribution in [3.8, 4) is 11.8 Å². The number of hydrogen-bond donors (Lipinski definition) is 2. The predicted molar refractivity (Wildman–Crippen MR) is 52.3 cm³/mol. The summed E-state index contributed by atoms with van der Waals surface area (Å²) in [4.78, 5) is 10.2. The van der Waals surface area contributed by atoms with Gasteiger partial charge in [-0.1, -0.05) is 5.57 Å². The molecule has 0 aliphatic carbocycles. The molecule has 0 radical (unpaired) electrons. The molecule has 0 aromatic heterocycles. The second kappa shape index (κ2) is 7.38. The molecule has 3 nitrogen and oxygen atoms in total. The molecule has 0 saturated carbocycles. The molecule has 0 fully saturated rings. The van der Waals surface area contributed by atoms with Crippen molar-refractivity contribution in [2.75, 3.05) is 13.1 Å². The van der Waals surface area contributed by atoms with Gasteiger partial charge in [-0.25, -0.2) is 4.79 Å². The highest BCUT2D eigenvalue weighted by Crippen LogP contribution is 1.88. The summed E-state index contributed by atoms with van der Waals surface area (Å²) < 4.78 is 0. The number of hydrogen-bond acceptors (Lipinski definition) is 2. The summed E-state index contributed by atoms with van der Waals surface area (Å²) >= 11 is 0. The number of aliphatic carboxylic acids is 1. The van der Waals surface area contributed by atoms with Crippen molar-refractivity contribution in [1.29, 1.82) is 0 Å². The van der Waals surface area contributed by atoms with Crippen LogP contribution in [0.2, 0.25) is 0 Å². The van der Waals surface area contributed by atoms with Gasteiger partial charge in [0.2, 0.25) is 0 Å². The molecule has 0 atom stereocenters. The minimum atomic E-state index is -0.896. The maximum atomic E-state index is 10.2. The third-order valence-corrected chi connectivity index (χ3v) is 1.38. The summed E-state index contributed by atoms with van der Waals surface area (Å²) in [6.45, 7) is 4.99. The highest BCUT2D eigenvalue weighted by molar-refractivity contribution is 5.80. The topological polar surface area (TPSA) is 49.3 Å². The van der Waals surface area contributed by atoms with E-state index in [9.17, 15) is 4.79 Å². The van der Waals surface area contributed by atoms with E-state index in [-0.39, 0.29) is 0 Å². The highest BCUT2D eigenvalue weighted by atomic mass is 16.4. The van der Waals surface area contributed by atoms with Crippen molar-refractivity contribution in [3.63, 3.8) is 0 Å². The molecule has 0 aliphatic rings. The van der Waals surface area contributed by atoms with Crippen LogP contribution in [0.4, 0.5) is 0 Å². The molecule has 0 rings (SSSR count). The molecule has 0 spiro atoms. The molecule has 0 bridgehead atoms. The Kier molecular flexibility index (Phi) is 6.66. The van der Waals surface area contributed by atoms with Gasteiger partial charge in [0.05, 0.1) is 0 Å². The normalized spacial score (nSPS) is 10.5. The molecule has 13 heavy (non-hydrogen) atoms. The lowest BCUT2D eigenvalue weighted by atomic mass is 10.3. The summed E-state index contributed by atoms with van der Waals surface area (Å²) in [6, 6.07) is 0. The summed E-state index contributed by atoms with van der Waals surface area (Å²) in [5.74, 6) is 4.81. The Hall–Kier alpha value is -1.27. The van der Waals surface area contributed by atoms with Crippen LogP contribution in [0.3, 0.4) is 0 Å². The largest absolute Gasteiger partial charge is 0.478 e. The van der Waals surface area contributed by atoms with Crippen molar-refractivity contribution >= 4 is 5.97 Å². The zero-order chi connectivity index (χ0) is 10.1. The second-order valence-electron chi connectivity index (χ2n) is 2.68. The van der Waals surface area contributed by atoms with E-state index in [0.717, 1.165) is 18.5 Å². The lowest BCUT2D eigenvalue weighted by Gasteiger charge is -2.00. The zero-order valence-electron chi connectivity index (χ0n) is 8.05. The third kappa shape index (κ3) is 8.64. The number of carboxylic acid groups (broad SMARTS) is 1. The van der Waals surface area contributed by atoms with Crippen LogP contribution in [0.5, 0.6) is 0 Å². The molecule has 3 heteroatoms. The van der Waals surface area contributed by atoms with Crippen LogP contribution in [0.25, 0.3) is 0 Å². The average Bonchev–Trinajstić information content (AvgIpc) is 2.02. The van der Waals surface area contributed by atoms with Crippen LogP contribution < -0.4 is 5.32 Å². The van der Waals surface area contributed by atoms with Crippen molar-refractivity contribution < 1.29 is 9.90 Å². The Labute approximate surface area is 78.8 Å². The van der Waals surface area contributed by atoms with Gasteiger partial charge in [-0.05, 0) is 13.8 Å². The van der Waals surface area contributed by atoms with E-state index in [1.54, 1.807) is 13.8 Å². The first-order valence-corrected chi connectivity index (χ1v) is 4.17. The van der Waals surface area contributed by atoms with Gasteiger partial charge in [-0.2, -0.15) is 0 Å².